The summed E-state index contributed by atoms with van der Waals surface area (Å²) < 4.78 is 7.10. The van der Waals surface area contributed by atoms with E-state index in [-0.39, 0.29) is 13.4 Å². The first kappa shape index (κ1) is 34.6. The molecule has 9 aromatic rings. The summed E-state index contributed by atoms with van der Waals surface area (Å²) in [5.41, 5.74) is 20.0. The molecule has 62 heavy (non-hydrogen) atoms. The van der Waals surface area contributed by atoms with Gasteiger partial charge in [-0.15, -0.1) is 0 Å². The van der Waals surface area contributed by atoms with Crippen LogP contribution < -0.4 is 52.2 Å². The summed E-state index contributed by atoms with van der Waals surface area (Å²) in [6, 6.07) is 76.0. The first-order valence-electron chi connectivity index (χ1n) is 21.1. The topological polar surface area (TPSA) is 42.7 Å². The van der Waals surface area contributed by atoms with E-state index in [2.05, 4.69) is 209 Å². The molecule has 0 N–H and O–H groups in total. The van der Waals surface area contributed by atoms with E-state index in [0.29, 0.717) is 5.56 Å². The van der Waals surface area contributed by atoms with Crippen molar-refractivity contribution in [3.8, 4) is 28.7 Å². The predicted octanol–water partition coefficient (Wildman–Crippen LogP) is 9.71. The number of para-hydroxylation sites is 4. The minimum absolute atomic E-state index is 0.0457. The second-order valence-electron chi connectivity index (χ2n) is 16.3. The average Bonchev–Trinajstić information content (AvgIpc) is 3.34. The van der Waals surface area contributed by atoms with E-state index in [9.17, 15) is 5.26 Å². The molecule has 0 aromatic heterocycles. The molecule has 13 rings (SSSR count). The maximum atomic E-state index is 10.1. The van der Waals surface area contributed by atoms with E-state index in [1.165, 1.54) is 33.0 Å². The zero-order valence-electron chi connectivity index (χ0n) is 33.5. The fraction of sp³-hybridized carbons (Fsp3) is 0. The van der Waals surface area contributed by atoms with Crippen molar-refractivity contribution in [3.05, 3.63) is 212 Å². The summed E-state index contributed by atoms with van der Waals surface area (Å²) in [5.74, 6) is 1.76. The summed E-state index contributed by atoms with van der Waals surface area (Å²) in [6.07, 6.45) is 0. The molecule has 0 atom stereocenters. The van der Waals surface area contributed by atoms with E-state index in [1.807, 2.05) is 18.2 Å². The number of rotatable bonds is 4. The lowest BCUT2D eigenvalue weighted by Crippen LogP contribution is -2.64. The smallest absolute Gasteiger partial charge is 0.256 e. The molecule has 0 fully saturated rings. The van der Waals surface area contributed by atoms with Gasteiger partial charge < -0.3 is 19.4 Å². The normalized spacial score (nSPS) is 13.4. The van der Waals surface area contributed by atoms with Gasteiger partial charge in [0.15, 0.2) is 0 Å². The molecule has 0 saturated carbocycles. The lowest BCUT2D eigenvalue weighted by atomic mass is 9.30. The van der Waals surface area contributed by atoms with Crippen LogP contribution in [-0.4, -0.2) is 13.4 Å². The zero-order valence-corrected chi connectivity index (χ0v) is 33.5. The van der Waals surface area contributed by atoms with E-state index in [0.717, 1.165) is 73.6 Å². The first-order chi connectivity index (χ1) is 30.7. The quantitative estimate of drug-likeness (QED) is 0.166. The Morgan fingerprint density at radius 1 is 0.371 bits per heavy atom. The largest absolute Gasteiger partial charge is 0.458 e. The van der Waals surface area contributed by atoms with Crippen LogP contribution in [0, 0.1) is 11.3 Å². The maximum Gasteiger partial charge on any atom is 0.256 e. The molecule has 0 radical (unpaired) electrons. The Bertz CT molecular complexity index is 3330. The number of fused-ring (bicyclic) bond motifs is 8. The maximum absolute atomic E-state index is 10.1. The van der Waals surface area contributed by atoms with E-state index >= 15 is 0 Å². The van der Waals surface area contributed by atoms with E-state index in [4.69, 9.17) is 4.74 Å². The van der Waals surface area contributed by atoms with E-state index in [1.54, 1.807) is 0 Å². The summed E-state index contributed by atoms with van der Waals surface area (Å²) in [7, 11) is 0. The van der Waals surface area contributed by atoms with Crippen LogP contribution in [-0.2, 0) is 0 Å². The minimum Gasteiger partial charge on any atom is -0.458 e. The van der Waals surface area contributed by atoms with Gasteiger partial charge in [0.1, 0.15) is 11.5 Å². The molecular weight excluding hydrogens is 754 g/mol. The molecule has 0 unspecified atom stereocenters. The van der Waals surface area contributed by atoms with Crippen molar-refractivity contribution >= 4 is 97.4 Å². The molecule has 0 spiro atoms. The van der Waals surface area contributed by atoms with Crippen molar-refractivity contribution in [2.75, 3.05) is 14.7 Å². The molecule has 4 aliphatic rings. The summed E-state index contributed by atoms with van der Waals surface area (Å²) in [6.45, 7) is -0.126. The van der Waals surface area contributed by atoms with Crippen molar-refractivity contribution in [2.45, 2.75) is 0 Å². The lowest BCUT2D eigenvalue weighted by molar-refractivity contribution is 0.488. The number of benzene rings is 9. The number of anilines is 9. The Balaban J connectivity index is 1.08. The average molecular weight is 789 g/mol. The van der Waals surface area contributed by atoms with Gasteiger partial charge in [0.05, 0.1) is 17.3 Å². The molecule has 0 saturated heterocycles. The minimum atomic E-state index is -0.0799. The SMILES string of the molecule is N#Cc1ccc(N2c3ccccc3B3c4cc5c(cc4N(c4ccccc4)c4cccc2c43)Oc2cccc3c2B5c2ccccc2N3c2ccccc2)c(-c2ccccc2)c1. The Morgan fingerprint density at radius 3 is 1.58 bits per heavy atom. The van der Waals surface area contributed by atoms with Gasteiger partial charge in [-0.05, 0) is 117 Å². The fourth-order valence-electron chi connectivity index (χ4n) is 10.6. The Kier molecular flexibility index (Phi) is 7.49. The van der Waals surface area contributed by atoms with Crippen LogP contribution in [0.1, 0.15) is 5.56 Å². The summed E-state index contributed by atoms with van der Waals surface area (Å²) in [5, 5.41) is 10.1. The third kappa shape index (κ3) is 4.92. The van der Waals surface area contributed by atoms with Crippen LogP contribution in [0.2, 0.25) is 0 Å². The van der Waals surface area contributed by atoms with Crippen LogP contribution in [0.15, 0.2) is 206 Å². The van der Waals surface area contributed by atoms with Crippen molar-refractivity contribution < 1.29 is 4.74 Å². The fourth-order valence-corrected chi connectivity index (χ4v) is 10.6. The number of nitriles is 1. The Morgan fingerprint density at radius 2 is 0.903 bits per heavy atom. The van der Waals surface area contributed by atoms with Gasteiger partial charge in [0, 0.05) is 57.1 Å². The molecule has 286 valence electrons. The van der Waals surface area contributed by atoms with Gasteiger partial charge in [-0.25, -0.2) is 0 Å². The molecule has 7 heteroatoms. The van der Waals surface area contributed by atoms with Gasteiger partial charge >= 0.3 is 0 Å². The van der Waals surface area contributed by atoms with Crippen molar-refractivity contribution in [1.82, 2.24) is 0 Å². The second kappa shape index (κ2) is 13.4. The summed E-state index contributed by atoms with van der Waals surface area (Å²) in [4.78, 5) is 7.23. The molecule has 0 amide bonds. The number of nitrogens with zero attached hydrogens (tertiary/aromatic N) is 4. The van der Waals surface area contributed by atoms with Gasteiger partial charge in [-0.2, -0.15) is 5.26 Å². The summed E-state index contributed by atoms with van der Waals surface area (Å²) >= 11 is 0. The van der Waals surface area contributed by atoms with Gasteiger partial charge in [-0.3, -0.25) is 0 Å². The van der Waals surface area contributed by atoms with Gasteiger partial charge in [0.2, 0.25) is 0 Å². The Hall–Kier alpha value is -8.20. The van der Waals surface area contributed by atoms with Crippen LogP contribution in [0.3, 0.4) is 0 Å². The molecular formula is C55H34B2N4O. The van der Waals surface area contributed by atoms with Crippen LogP contribution >= 0.6 is 0 Å². The second-order valence-corrected chi connectivity index (χ2v) is 16.3. The lowest BCUT2D eigenvalue weighted by Gasteiger charge is -2.45. The Labute approximate surface area is 361 Å². The van der Waals surface area contributed by atoms with Crippen LogP contribution in [0.25, 0.3) is 11.1 Å². The predicted molar refractivity (Wildman–Crippen MR) is 256 cm³/mol. The molecule has 5 nitrogen and oxygen atoms in total. The van der Waals surface area contributed by atoms with Crippen LogP contribution in [0.4, 0.5) is 51.2 Å². The molecule has 9 aromatic carbocycles. The highest BCUT2D eigenvalue weighted by Gasteiger charge is 2.47. The highest BCUT2D eigenvalue weighted by atomic mass is 16.5. The van der Waals surface area contributed by atoms with Gasteiger partial charge in [0.25, 0.3) is 13.4 Å². The third-order valence-electron chi connectivity index (χ3n) is 13.1. The monoisotopic (exact) mass is 788 g/mol. The standard InChI is InChI=1S/C55H34B2N4O/c58-35-36-30-31-45(40(32-36)37-16-4-1-5-17-37)61-47-25-13-11-23-42(47)56-43-33-44-53(34-51(43)60(39-20-8-3-9-21-39)48-26-14-27-49(61)54(48)56)62-52-29-15-28-50-55(52)57(44)41-22-10-12-24-46(41)59(50)38-18-6-2-7-19-38/h1-34H. The van der Waals surface area contributed by atoms with Crippen molar-refractivity contribution in [2.24, 2.45) is 0 Å². The highest BCUT2D eigenvalue weighted by Crippen LogP contribution is 2.48. The van der Waals surface area contributed by atoms with Crippen LogP contribution in [0.5, 0.6) is 11.5 Å². The molecule has 0 bridgehead atoms. The van der Waals surface area contributed by atoms with E-state index < -0.39 is 0 Å². The zero-order chi connectivity index (χ0) is 40.9. The first-order valence-corrected chi connectivity index (χ1v) is 21.1. The van der Waals surface area contributed by atoms with Crippen molar-refractivity contribution in [3.63, 3.8) is 0 Å². The number of ether oxygens (including phenoxy) is 1. The molecule has 0 aliphatic carbocycles. The van der Waals surface area contributed by atoms with Crippen molar-refractivity contribution in [1.29, 1.82) is 5.26 Å². The highest BCUT2D eigenvalue weighted by molar-refractivity contribution is 7.02. The molecule has 4 heterocycles. The van der Waals surface area contributed by atoms with Gasteiger partial charge in [-0.1, -0.05) is 121 Å². The number of hydrogen-bond donors (Lipinski definition) is 0. The third-order valence-corrected chi connectivity index (χ3v) is 13.1. The molecule has 4 aliphatic heterocycles. The number of hydrogen-bond acceptors (Lipinski definition) is 5.